The van der Waals surface area contributed by atoms with Gasteiger partial charge in [0.05, 0.1) is 25.5 Å². The van der Waals surface area contributed by atoms with Crippen molar-refractivity contribution in [2.45, 2.75) is 38.4 Å². The summed E-state index contributed by atoms with van der Waals surface area (Å²) in [5.41, 5.74) is -0.158. The summed E-state index contributed by atoms with van der Waals surface area (Å²) in [4.78, 5) is 4.12. The smallest absolute Gasteiger partial charge is 0.137 e. The quantitative estimate of drug-likeness (QED) is 0.868. The summed E-state index contributed by atoms with van der Waals surface area (Å²) < 4.78 is 10.9. The summed E-state index contributed by atoms with van der Waals surface area (Å²) in [7, 11) is 0. The van der Waals surface area contributed by atoms with Crippen LogP contribution in [0.3, 0.4) is 0 Å². The van der Waals surface area contributed by atoms with Gasteiger partial charge in [-0.25, -0.2) is 0 Å². The predicted octanol–water partition coefficient (Wildman–Crippen LogP) is 1.87. The molecule has 0 saturated carbocycles. The van der Waals surface area contributed by atoms with E-state index in [9.17, 15) is 5.11 Å². The fourth-order valence-corrected chi connectivity index (χ4v) is 2.07. The molecule has 1 aromatic heterocycles. The van der Waals surface area contributed by atoms with Gasteiger partial charge in [-0.15, -0.1) is 0 Å². The van der Waals surface area contributed by atoms with E-state index >= 15 is 0 Å². The van der Waals surface area contributed by atoms with Crippen molar-refractivity contribution in [2.75, 3.05) is 13.2 Å². The van der Waals surface area contributed by atoms with Gasteiger partial charge in [0.15, 0.2) is 0 Å². The Hall–Kier alpha value is -1.13. The van der Waals surface area contributed by atoms with Crippen LogP contribution in [0.15, 0.2) is 18.5 Å². The highest BCUT2D eigenvalue weighted by Gasteiger charge is 2.41. The first-order valence-electron chi connectivity index (χ1n) is 6.09. The van der Waals surface area contributed by atoms with Crippen molar-refractivity contribution in [1.82, 2.24) is 4.98 Å². The van der Waals surface area contributed by atoms with E-state index < -0.39 is 5.60 Å². The van der Waals surface area contributed by atoms with E-state index in [1.165, 1.54) is 0 Å². The lowest BCUT2D eigenvalue weighted by Crippen LogP contribution is -2.33. The summed E-state index contributed by atoms with van der Waals surface area (Å²) in [5.74, 6) is 0.705. The first-order valence-corrected chi connectivity index (χ1v) is 6.09. The van der Waals surface area contributed by atoms with Gasteiger partial charge in [0.1, 0.15) is 11.4 Å². The molecule has 2 heterocycles. The van der Waals surface area contributed by atoms with Gasteiger partial charge < -0.3 is 14.6 Å². The highest BCUT2D eigenvalue weighted by molar-refractivity contribution is 5.29. The second-order valence-electron chi connectivity index (χ2n) is 4.45. The van der Waals surface area contributed by atoms with E-state index in [1.807, 2.05) is 13.0 Å². The fraction of sp³-hybridized carbons (Fsp3) is 0.615. The number of rotatable bonds is 4. The van der Waals surface area contributed by atoms with Crippen molar-refractivity contribution in [1.29, 1.82) is 0 Å². The Bertz CT molecular complexity index is 383. The Kier molecular flexibility index (Phi) is 3.64. The number of nitrogens with zero attached hydrogens (tertiary/aromatic N) is 1. The minimum atomic E-state index is -0.932. The van der Waals surface area contributed by atoms with Crippen LogP contribution in [0.4, 0.5) is 0 Å². The fourth-order valence-electron chi connectivity index (χ4n) is 2.07. The highest BCUT2D eigenvalue weighted by Crippen LogP contribution is 2.36. The molecule has 1 N–H and O–H groups in total. The van der Waals surface area contributed by atoms with Crippen molar-refractivity contribution in [2.24, 2.45) is 0 Å². The molecule has 4 nitrogen and oxygen atoms in total. The van der Waals surface area contributed by atoms with Crippen molar-refractivity contribution in [3.8, 4) is 5.75 Å². The summed E-state index contributed by atoms with van der Waals surface area (Å²) in [5, 5.41) is 10.6. The van der Waals surface area contributed by atoms with Crippen LogP contribution in [0.1, 0.15) is 32.3 Å². The lowest BCUT2D eigenvalue weighted by molar-refractivity contribution is -0.0320. The van der Waals surface area contributed by atoms with Crippen LogP contribution in [0.2, 0.25) is 0 Å². The zero-order chi connectivity index (χ0) is 12.3. The monoisotopic (exact) mass is 237 g/mol. The Morgan fingerprint density at radius 2 is 2.41 bits per heavy atom. The molecule has 0 radical (unpaired) electrons. The van der Waals surface area contributed by atoms with E-state index in [1.54, 1.807) is 12.4 Å². The number of aromatic nitrogens is 1. The molecule has 2 unspecified atom stereocenters. The molecular weight excluding hydrogens is 218 g/mol. The summed E-state index contributed by atoms with van der Waals surface area (Å²) in [6.07, 6.45) is 4.71. The van der Waals surface area contributed by atoms with E-state index in [2.05, 4.69) is 11.9 Å². The van der Waals surface area contributed by atoms with Gasteiger partial charge in [-0.1, -0.05) is 6.92 Å². The van der Waals surface area contributed by atoms with Gasteiger partial charge in [0, 0.05) is 18.2 Å². The largest absolute Gasteiger partial charge is 0.492 e. The molecule has 2 rings (SSSR count). The van der Waals surface area contributed by atoms with Crippen LogP contribution in [-0.2, 0) is 10.3 Å². The SMILES string of the molecule is CCCOc1cncc(C2(O)CCOC2C)c1. The molecule has 0 bridgehead atoms. The topological polar surface area (TPSA) is 51.6 Å². The van der Waals surface area contributed by atoms with Crippen molar-refractivity contribution in [3.05, 3.63) is 24.0 Å². The number of hydrogen-bond acceptors (Lipinski definition) is 4. The average molecular weight is 237 g/mol. The molecule has 94 valence electrons. The van der Waals surface area contributed by atoms with E-state index in [0.717, 1.165) is 12.0 Å². The molecule has 1 saturated heterocycles. The van der Waals surface area contributed by atoms with Crippen molar-refractivity contribution in [3.63, 3.8) is 0 Å². The third kappa shape index (κ3) is 2.42. The lowest BCUT2D eigenvalue weighted by atomic mass is 9.89. The van der Waals surface area contributed by atoms with Crippen molar-refractivity contribution >= 4 is 0 Å². The maximum atomic E-state index is 10.6. The van der Waals surface area contributed by atoms with Crippen LogP contribution in [0, 0.1) is 0 Å². The molecule has 1 aliphatic rings. The Balaban J connectivity index is 2.20. The van der Waals surface area contributed by atoms with Crippen LogP contribution >= 0.6 is 0 Å². The van der Waals surface area contributed by atoms with Crippen LogP contribution < -0.4 is 4.74 Å². The number of hydrogen-bond donors (Lipinski definition) is 1. The molecule has 0 spiro atoms. The van der Waals surface area contributed by atoms with Gasteiger partial charge in [-0.3, -0.25) is 4.98 Å². The number of aliphatic hydroxyl groups is 1. The van der Waals surface area contributed by atoms with Crippen LogP contribution in [0.5, 0.6) is 5.75 Å². The minimum Gasteiger partial charge on any atom is -0.492 e. The summed E-state index contributed by atoms with van der Waals surface area (Å²) >= 11 is 0. The maximum absolute atomic E-state index is 10.6. The van der Waals surface area contributed by atoms with E-state index in [-0.39, 0.29) is 6.10 Å². The molecular formula is C13H19NO3. The Morgan fingerprint density at radius 1 is 1.59 bits per heavy atom. The molecule has 4 heteroatoms. The molecule has 0 aromatic carbocycles. The van der Waals surface area contributed by atoms with E-state index in [4.69, 9.17) is 9.47 Å². The summed E-state index contributed by atoms with van der Waals surface area (Å²) in [6, 6.07) is 1.86. The minimum absolute atomic E-state index is 0.203. The zero-order valence-electron chi connectivity index (χ0n) is 10.3. The average Bonchev–Trinajstić information content (AvgIpc) is 2.69. The Morgan fingerprint density at radius 3 is 3.06 bits per heavy atom. The Labute approximate surface area is 102 Å². The van der Waals surface area contributed by atoms with Gasteiger partial charge in [-0.05, 0) is 19.4 Å². The molecule has 0 aliphatic carbocycles. The maximum Gasteiger partial charge on any atom is 0.137 e. The predicted molar refractivity (Wildman–Crippen MR) is 64.0 cm³/mol. The molecule has 0 amide bonds. The van der Waals surface area contributed by atoms with Gasteiger partial charge in [0.2, 0.25) is 0 Å². The second kappa shape index (κ2) is 5.02. The zero-order valence-corrected chi connectivity index (χ0v) is 10.3. The van der Waals surface area contributed by atoms with Gasteiger partial charge in [0.25, 0.3) is 0 Å². The third-order valence-electron chi connectivity index (χ3n) is 3.21. The van der Waals surface area contributed by atoms with Gasteiger partial charge >= 0.3 is 0 Å². The summed E-state index contributed by atoms with van der Waals surface area (Å²) in [6.45, 7) is 5.18. The standard InChI is InChI=1S/C13H19NO3/c1-3-5-17-12-7-11(8-14-9-12)13(15)4-6-16-10(13)2/h7-10,15H,3-6H2,1-2H3. The van der Waals surface area contributed by atoms with Gasteiger partial charge in [-0.2, -0.15) is 0 Å². The normalized spacial score (nSPS) is 28.3. The molecule has 17 heavy (non-hydrogen) atoms. The second-order valence-corrected chi connectivity index (χ2v) is 4.45. The van der Waals surface area contributed by atoms with E-state index in [0.29, 0.717) is 25.4 Å². The first kappa shape index (κ1) is 12.3. The lowest BCUT2D eigenvalue weighted by Gasteiger charge is -2.26. The third-order valence-corrected chi connectivity index (χ3v) is 3.21. The molecule has 1 aliphatic heterocycles. The number of pyridine rings is 1. The molecule has 1 aromatic rings. The first-order chi connectivity index (χ1) is 8.16. The van der Waals surface area contributed by atoms with Crippen LogP contribution in [0.25, 0.3) is 0 Å². The molecule has 2 atom stereocenters. The highest BCUT2D eigenvalue weighted by atomic mass is 16.5. The van der Waals surface area contributed by atoms with Crippen LogP contribution in [-0.4, -0.2) is 29.4 Å². The number of ether oxygens (including phenoxy) is 2. The van der Waals surface area contributed by atoms with Crippen molar-refractivity contribution < 1.29 is 14.6 Å². The molecule has 1 fully saturated rings.